The zero-order valence-electron chi connectivity index (χ0n) is 17.6. The molecule has 2 heterocycles. The van der Waals surface area contributed by atoms with Gasteiger partial charge >= 0.3 is 0 Å². The third-order valence-corrected chi connectivity index (χ3v) is 7.49. The minimum Gasteiger partial charge on any atom is -0.411 e. The Kier molecular flexibility index (Phi) is 6.80. The first-order chi connectivity index (χ1) is 15.4. The van der Waals surface area contributed by atoms with Crippen LogP contribution in [0.4, 0.5) is 5.69 Å². The molecular weight excluding hydrogens is 448 g/mol. The van der Waals surface area contributed by atoms with Gasteiger partial charge in [-0.3, -0.25) is 9.52 Å². The van der Waals surface area contributed by atoms with E-state index in [1.807, 2.05) is 4.90 Å². The smallest absolute Gasteiger partial charge is 0.277 e. The van der Waals surface area contributed by atoms with Crippen molar-refractivity contribution in [2.24, 2.45) is 0 Å². The Morgan fingerprint density at radius 2 is 1.88 bits per heavy atom. The maximum atomic E-state index is 12.5. The normalized spacial score (nSPS) is 16.7. The predicted molar refractivity (Wildman–Crippen MR) is 123 cm³/mol. The number of amides is 1. The number of carbonyl (C=O) groups excluding carboxylic acids is 1. The van der Waals surface area contributed by atoms with Crippen molar-refractivity contribution in [1.29, 1.82) is 0 Å². The summed E-state index contributed by atoms with van der Waals surface area (Å²) < 4.78 is 33.1. The number of carbonyl (C=O) groups is 1. The first-order valence-electron chi connectivity index (χ1n) is 10.4. The number of thioether (sulfide) groups is 1. The van der Waals surface area contributed by atoms with E-state index in [0.717, 1.165) is 25.8 Å². The molecule has 0 radical (unpaired) electrons. The Labute approximate surface area is 191 Å². The molecule has 168 valence electrons. The van der Waals surface area contributed by atoms with Crippen LogP contribution in [0.25, 0.3) is 11.5 Å². The fraction of sp³-hybridized carbons (Fsp3) is 0.318. The lowest BCUT2D eigenvalue weighted by Gasteiger charge is -2.33. The van der Waals surface area contributed by atoms with E-state index >= 15 is 0 Å². The number of piperidine rings is 1. The second kappa shape index (κ2) is 9.74. The van der Waals surface area contributed by atoms with Gasteiger partial charge in [-0.2, -0.15) is 0 Å². The van der Waals surface area contributed by atoms with E-state index in [2.05, 4.69) is 21.8 Å². The van der Waals surface area contributed by atoms with Crippen molar-refractivity contribution in [1.82, 2.24) is 15.1 Å². The Balaban J connectivity index is 1.36. The molecule has 3 aromatic rings. The standard InChI is InChI=1S/C22H24N4O4S2/c1-16-7-5-6-14-26(16)20(27)15-31-22-24-23-21(30-22)17-10-12-18(13-11-17)25-32(28,29)19-8-3-2-4-9-19/h2-4,8-13,16,25H,5-7,14-15H2,1H3. The van der Waals surface area contributed by atoms with Crippen LogP contribution in [0.15, 0.2) is 69.1 Å². The number of likely N-dealkylation sites (tertiary alicyclic amines) is 1. The second-order valence-corrected chi connectivity index (χ2v) is 10.2. The zero-order valence-corrected chi connectivity index (χ0v) is 19.2. The van der Waals surface area contributed by atoms with Crippen LogP contribution in [0.3, 0.4) is 0 Å². The molecule has 1 fully saturated rings. The molecule has 32 heavy (non-hydrogen) atoms. The average molecular weight is 473 g/mol. The minimum atomic E-state index is -3.66. The molecule has 1 atom stereocenters. The van der Waals surface area contributed by atoms with E-state index in [1.165, 1.54) is 23.9 Å². The highest BCUT2D eigenvalue weighted by atomic mass is 32.2. The number of hydrogen-bond donors (Lipinski definition) is 1. The maximum absolute atomic E-state index is 12.5. The van der Waals surface area contributed by atoms with Crippen molar-refractivity contribution in [2.45, 2.75) is 42.3 Å². The van der Waals surface area contributed by atoms with Gasteiger partial charge in [-0.15, -0.1) is 10.2 Å². The van der Waals surface area contributed by atoms with E-state index in [1.54, 1.807) is 42.5 Å². The van der Waals surface area contributed by atoms with Crippen LogP contribution in [0.2, 0.25) is 0 Å². The average Bonchev–Trinajstić information content (AvgIpc) is 3.28. The van der Waals surface area contributed by atoms with Crippen molar-refractivity contribution >= 4 is 33.4 Å². The van der Waals surface area contributed by atoms with Crippen LogP contribution < -0.4 is 4.72 Å². The van der Waals surface area contributed by atoms with Gasteiger partial charge in [0.15, 0.2) is 0 Å². The van der Waals surface area contributed by atoms with E-state index in [0.29, 0.717) is 22.4 Å². The third kappa shape index (κ3) is 5.31. The lowest BCUT2D eigenvalue weighted by molar-refractivity contribution is -0.131. The number of aromatic nitrogens is 2. The van der Waals surface area contributed by atoms with Gasteiger partial charge in [0.05, 0.1) is 10.6 Å². The lowest BCUT2D eigenvalue weighted by atomic mass is 10.0. The number of nitrogens with zero attached hydrogens (tertiary/aromatic N) is 3. The Morgan fingerprint density at radius 3 is 2.59 bits per heavy atom. The van der Waals surface area contributed by atoms with Crippen molar-refractivity contribution in [3.05, 3.63) is 54.6 Å². The molecule has 1 aliphatic heterocycles. The molecule has 1 aromatic heterocycles. The Bertz CT molecular complexity index is 1160. The molecule has 0 bridgehead atoms. The predicted octanol–water partition coefficient (Wildman–Crippen LogP) is 4.03. The monoisotopic (exact) mass is 472 g/mol. The molecule has 2 aromatic carbocycles. The number of hydrogen-bond acceptors (Lipinski definition) is 7. The number of benzene rings is 2. The van der Waals surface area contributed by atoms with Crippen LogP contribution in [-0.2, 0) is 14.8 Å². The Morgan fingerprint density at radius 1 is 1.12 bits per heavy atom. The number of nitrogens with one attached hydrogen (secondary N) is 1. The van der Waals surface area contributed by atoms with Crippen molar-refractivity contribution < 1.29 is 17.6 Å². The van der Waals surface area contributed by atoms with Gasteiger partial charge < -0.3 is 9.32 Å². The fourth-order valence-corrected chi connectivity index (χ4v) is 5.28. The van der Waals surface area contributed by atoms with Gasteiger partial charge in [-0.1, -0.05) is 30.0 Å². The highest BCUT2D eigenvalue weighted by Crippen LogP contribution is 2.26. The third-order valence-electron chi connectivity index (χ3n) is 5.29. The summed E-state index contributed by atoms with van der Waals surface area (Å²) in [6, 6.07) is 15.1. The van der Waals surface area contributed by atoms with E-state index in [9.17, 15) is 13.2 Å². The van der Waals surface area contributed by atoms with Crippen LogP contribution in [0.1, 0.15) is 26.2 Å². The molecule has 1 amide bonds. The molecule has 1 N–H and O–H groups in total. The molecule has 1 aliphatic rings. The first-order valence-corrected chi connectivity index (χ1v) is 12.8. The fourth-order valence-electron chi connectivity index (χ4n) is 3.55. The summed E-state index contributed by atoms with van der Waals surface area (Å²) in [6.07, 6.45) is 3.25. The first kappa shape index (κ1) is 22.3. The molecule has 8 nitrogen and oxygen atoms in total. The van der Waals surface area contributed by atoms with E-state index in [-0.39, 0.29) is 22.6 Å². The van der Waals surface area contributed by atoms with Crippen LogP contribution >= 0.6 is 11.8 Å². The summed E-state index contributed by atoms with van der Waals surface area (Å²) in [5, 5.41) is 8.38. The summed E-state index contributed by atoms with van der Waals surface area (Å²) in [4.78, 5) is 14.6. The molecule has 1 saturated heterocycles. The van der Waals surface area contributed by atoms with Gasteiger partial charge in [-0.05, 0) is 62.6 Å². The summed E-state index contributed by atoms with van der Waals surface area (Å²) in [7, 11) is -3.66. The van der Waals surface area contributed by atoms with E-state index < -0.39 is 10.0 Å². The summed E-state index contributed by atoms with van der Waals surface area (Å²) in [6.45, 7) is 2.88. The van der Waals surface area contributed by atoms with Crippen molar-refractivity contribution in [3.63, 3.8) is 0 Å². The number of rotatable bonds is 7. The molecule has 1 unspecified atom stereocenters. The molecule has 0 saturated carbocycles. The van der Waals surface area contributed by atoms with Gasteiger partial charge in [0.1, 0.15) is 0 Å². The van der Waals surface area contributed by atoms with Crippen LogP contribution in [0.5, 0.6) is 0 Å². The summed E-state index contributed by atoms with van der Waals surface area (Å²) in [5.41, 5.74) is 1.08. The highest BCUT2D eigenvalue weighted by molar-refractivity contribution is 7.99. The van der Waals surface area contributed by atoms with E-state index in [4.69, 9.17) is 4.42 Å². The van der Waals surface area contributed by atoms with Gasteiger partial charge in [0.25, 0.3) is 15.2 Å². The molecule has 4 rings (SSSR count). The molecule has 10 heteroatoms. The minimum absolute atomic E-state index is 0.0806. The second-order valence-electron chi connectivity index (χ2n) is 7.59. The molecular formula is C22H24N4O4S2. The highest BCUT2D eigenvalue weighted by Gasteiger charge is 2.23. The van der Waals surface area contributed by atoms with Gasteiger partial charge in [0, 0.05) is 23.8 Å². The van der Waals surface area contributed by atoms with Crippen LogP contribution in [-0.4, -0.2) is 47.8 Å². The molecule has 0 spiro atoms. The SMILES string of the molecule is CC1CCCCN1C(=O)CSc1nnc(-c2ccc(NS(=O)(=O)c3ccccc3)cc2)o1. The topological polar surface area (TPSA) is 105 Å². The van der Waals surface area contributed by atoms with Crippen LogP contribution in [0, 0.1) is 0 Å². The number of sulfonamides is 1. The van der Waals surface area contributed by atoms with Gasteiger partial charge in [-0.25, -0.2) is 8.42 Å². The zero-order chi connectivity index (χ0) is 22.6. The summed E-state index contributed by atoms with van der Waals surface area (Å²) in [5.74, 6) is 0.646. The summed E-state index contributed by atoms with van der Waals surface area (Å²) >= 11 is 1.23. The van der Waals surface area contributed by atoms with Gasteiger partial charge in [0.2, 0.25) is 11.8 Å². The van der Waals surface area contributed by atoms with Crippen molar-refractivity contribution in [3.8, 4) is 11.5 Å². The number of anilines is 1. The lowest BCUT2D eigenvalue weighted by Crippen LogP contribution is -2.42. The van der Waals surface area contributed by atoms with Crippen molar-refractivity contribution in [2.75, 3.05) is 17.0 Å². The maximum Gasteiger partial charge on any atom is 0.277 e. The quantitative estimate of drug-likeness (QED) is 0.518. The molecule has 0 aliphatic carbocycles. The largest absolute Gasteiger partial charge is 0.411 e. The Hall–Kier alpha value is -2.85.